The molecule has 2 aliphatic heterocycles. The first-order valence-corrected chi connectivity index (χ1v) is 9.74. The molecule has 0 aliphatic carbocycles. The Morgan fingerprint density at radius 2 is 1.82 bits per heavy atom. The molecule has 3 rings (SSSR count). The van der Waals surface area contributed by atoms with E-state index in [9.17, 15) is 4.39 Å². The molecule has 2 saturated heterocycles. The Hall–Kier alpha value is -0.290. The van der Waals surface area contributed by atoms with Crippen molar-refractivity contribution >= 4 is 23.4 Å². The second-order valence-electron chi connectivity index (χ2n) is 6.30. The van der Waals surface area contributed by atoms with Gasteiger partial charge in [-0.3, -0.25) is 4.90 Å². The Morgan fingerprint density at radius 1 is 1.14 bits per heavy atom. The van der Waals surface area contributed by atoms with Gasteiger partial charge in [0.15, 0.2) is 0 Å². The van der Waals surface area contributed by atoms with Crippen molar-refractivity contribution in [3.05, 3.63) is 34.6 Å². The van der Waals surface area contributed by atoms with Crippen molar-refractivity contribution in [1.82, 2.24) is 10.2 Å². The quantitative estimate of drug-likeness (QED) is 0.892. The van der Waals surface area contributed by atoms with E-state index in [2.05, 4.69) is 22.0 Å². The van der Waals surface area contributed by atoms with Gasteiger partial charge in [-0.15, -0.1) is 0 Å². The fourth-order valence-electron chi connectivity index (χ4n) is 3.36. The summed E-state index contributed by atoms with van der Waals surface area (Å²) in [5.41, 5.74) is 0.639. The SMILES string of the molecule is Fc1cccc(Cl)c1CN1CCC(NC2CCSCC2)CC1. The number of nitrogens with one attached hydrogen (secondary N) is 1. The summed E-state index contributed by atoms with van der Waals surface area (Å²) < 4.78 is 13.9. The predicted molar refractivity (Wildman–Crippen MR) is 93.2 cm³/mol. The molecule has 0 atom stereocenters. The van der Waals surface area contributed by atoms with E-state index in [0.29, 0.717) is 29.2 Å². The van der Waals surface area contributed by atoms with Crippen LogP contribution in [0.2, 0.25) is 5.02 Å². The first-order chi connectivity index (χ1) is 10.7. The molecule has 0 spiro atoms. The lowest BCUT2D eigenvalue weighted by molar-refractivity contribution is 0.181. The van der Waals surface area contributed by atoms with Gasteiger partial charge >= 0.3 is 0 Å². The van der Waals surface area contributed by atoms with Gasteiger partial charge in [0.25, 0.3) is 0 Å². The first-order valence-electron chi connectivity index (χ1n) is 8.21. The minimum atomic E-state index is -0.188. The van der Waals surface area contributed by atoms with Gasteiger partial charge in [0.1, 0.15) is 5.82 Å². The van der Waals surface area contributed by atoms with Crippen LogP contribution in [0.3, 0.4) is 0 Å². The number of rotatable bonds is 4. The number of piperidine rings is 1. The summed E-state index contributed by atoms with van der Waals surface area (Å²) in [5.74, 6) is 2.40. The highest BCUT2D eigenvalue weighted by Crippen LogP contribution is 2.23. The van der Waals surface area contributed by atoms with Gasteiger partial charge in [-0.1, -0.05) is 17.7 Å². The van der Waals surface area contributed by atoms with Crippen molar-refractivity contribution in [1.29, 1.82) is 0 Å². The Bertz CT molecular complexity index is 465. The zero-order valence-corrected chi connectivity index (χ0v) is 14.4. The molecule has 1 aromatic carbocycles. The van der Waals surface area contributed by atoms with Crippen LogP contribution in [0.1, 0.15) is 31.2 Å². The molecule has 0 unspecified atom stereocenters. The van der Waals surface area contributed by atoms with E-state index in [1.54, 1.807) is 12.1 Å². The van der Waals surface area contributed by atoms with Crippen LogP contribution >= 0.6 is 23.4 Å². The van der Waals surface area contributed by atoms with Crippen molar-refractivity contribution in [3.8, 4) is 0 Å². The number of halogens is 2. The number of hydrogen-bond acceptors (Lipinski definition) is 3. The van der Waals surface area contributed by atoms with Crippen molar-refractivity contribution < 1.29 is 4.39 Å². The summed E-state index contributed by atoms with van der Waals surface area (Å²) in [7, 11) is 0. The van der Waals surface area contributed by atoms with E-state index in [1.807, 2.05) is 0 Å². The molecular weight excluding hydrogens is 319 g/mol. The Kier molecular flexibility index (Phi) is 6.02. The molecule has 2 fully saturated rings. The van der Waals surface area contributed by atoms with E-state index in [0.717, 1.165) is 25.9 Å². The van der Waals surface area contributed by atoms with Crippen LogP contribution in [0.25, 0.3) is 0 Å². The second kappa shape index (κ2) is 8.00. The molecule has 2 nitrogen and oxygen atoms in total. The van der Waals surface area contributed by atoms with E-state index in [-0.39, 0.29) is 5.82 Å². The standard InChI is InChI=1S/C17H24ClFN2S/c18-16-2-1-3-17(19)15(16)12-21-8-4-13(5-9-21)20-14-6-10-22-11-7-14/h1-3,13-14,20H,4-12H2. The highest BCUT2D eigenvalue weighted by molar-refractivity contribution is 7.99. The van der Waals surface area contributed by atoms with Gasteiger partial charge in [-0.25, -0.2) is 4.39 Å². The maximum Gasteiger partial charge on any atom is 0.129 e. The molecule has 1 N–H and O–H groups in total. The van der Waals surface area contributed by atoms with Crippen LogP contribution in [0.5, 0.6) is 0 Å². The number of hydrogen-bond donors (Lipinski definition) is 1. The maximum atomic E-state index is 13.9. The average molecular weight is 343 g/mol. The fourth-order valence-corrected chi connectivity index (χ4v) is 4.69. The highest BCUT2D eigenvalue weighted by Gasteiger charge is 2.23. The first kappa shape index (κ1) is 16.6. The molecule has 122 valence electrons. The molecule has 0 bridgehead atoms. The monoisotopic (exact) mass is 342 g/mol. The van der Waals surface area contributed by atoms with Gasteiger partial charge in [0, 0.05) is 29.2 Å². The summed E-state index contributed by atoms with van der Waals surface area (Å²) in [4.78, 5) is 2.32. The zero-order valence-electron chi connectivity index (χ0n) is 12.9. The molecule has 1 aromatic rings. The third-order valence-electron chi connectivity index (χ3n) is 4.72. The van der Waals surface area contributed by atoms with Crippen molar-refractivity contribution in [2.24, 2.45) is 0 Å². The van der Waals surface area contributed by atoms with E-state index >= 15 is 0 Å². The van der Waals surface area contributed by atoms with Gasteiger partial charge in [0.05, 0.1) is 0 Å². The van der Waals surface area contributed by atoms with Crippen molar-refractivity contribution in [3.63, 3.8) is 0 Å². The highest BCUT2D eigenvalue weighted by atomic mass is 35.5. The summed E-state index contributed by atoms with van der Waals surface area (Å²) in [5, 5.41) is 4.37. The van der Waals surface area contributed by atoms with E-state index in [1.165, 1.54) is 30.4 Å². The molecule has 0 radical (unpaired) electrons. The predicted octanol–water partition coefficient (Wildman–Crippen LogP) is 3.93. The molecule has 22 heavy (non-hydrogen) atoms. The number of thioether (sulfide) groups is 1. The molecule has 5 heteroatoms. The van der Waals surface area contributed by atoms with Gasteiger partial charge in [0.2, 0.25) is 0 Å². The van der Waals surface area contributed by atoms with E-state index < -0.39 is 0 Å². The average Bonchev–Trinajstić information content (AvgIpc) is 2.54. The normalized spacial score (nSPS) is 22.1. The molecule has 0 amide bonds. The molecule has 2 aliphatic rings. The largest absolute Gasteiger partial charge is 0.311 e. The zero-order chi connectivity index (χ0) is 15.4. The van der Waals surface area contributed by atoms with Gasteiger partial charge < -0.3 is 5.32 Å². The molecule has 2 heterocycles. The second-order valence-corrected chi connectivity index (χ2v) is 7.94. The summed E-state index contributed by atoms with van der Waals surface area (Å²) in [6.07, 6.45) is 4.90. The minimum absolute atomic E-state index is 0.188. The summed E-state index contributed by atoms with van der Waals surface area (Å²) in [6, 6.07) is 6.27. The smallest absolute Gasteiger partial charge is 0.129 e. The summed E-state index contributed by atoms with van der Waals surface area (Å²) >= 11 is 8.19. The number of benzene rings is 1. The van der Waals surface area contributed by atoms with Crippen molar-refractivity contribution in [2.75, 3.05) is 24.6 Å². The molecule has 0 aromatic heterocycles. The van der Waals surface area contributed by atoms with Crippen LogP contribution < -0.4 is 5.32 Å². The lowest BCUT2D eigenvalue weighted by Crippen LogP contribution is -2.47. The third kappa shape index (κ3) is 4.38. The Balaban J connectivity index is 1.47. The van der Waals surface area contributed by atoms with Crippen molar-refractivity contribution in [2.45, 2.75) is 44.3 Å². The lowest BCUT2D eigenvalue weighted by atomic mass is 10.0. The minimum Gasteiger partial charge on any atom is -0.311 e. The Labute approximate surface area is 141 Å². The van der Waals surface area contributed by atoms with E-state index in [4.69, 9.17) is 11.6 Å². The van der Waals surface area contributed by atoms with Crippen LogP contribution in [-0.2, 0) is 6.54 Å². The van der Waals surface area contributed by atoms with Crippen LogP contribution in [0, 0.1) is 5.82 Å². The molecular formula is C17H24ClFN2S. The topological polar surface area (TPSA) is 15.3 Å². The molecule has 0 saturated carbocycles. The Morgan fingerprint density at radius 3 is 2.50 bits per heavy atom. The number of nitrogens with zero attached hydrogens (tertiary/aromatic N) is 1. The summed E-state index contributed by atoms with van der Waals surface area (Å²) in [6.45, 7) is 2.66. The lowest BCUT2D eigenvalue weighted by Gasteiger charge is -2.35. The van der Waals surface area contributed by atoms with Gasteiger partial charge in [-0.2, -0.15) is 11.8 Å². The third-order valence-corrected chi connectivity index (χ3v) is 6.13. The number of likely N-dealkylation sites (tertiary alicyclic amines) is 1. The van der Waals surface area contributed by atoms with Gasteiger partial charge in [-0.05, 0) is 62.4 Å². The fraction of sp³-hybridized carbons (Fsp3) is 0.647. The van der Waals surface area contributed by atoms with Crippen LogP contribution in [0.15, 0.2) is 18.2 Å². The van der Waals surface area contributed by atoms with Crippen LogP contribution in [-0.4, -0.2) is 41.6 Å². The van der Waals surface area contributed by atoms with Crippen LogP contribution in [0.4, 0.5) is 4.39 Å². The maximum absolute atomic E-state index is 13.9.